The number of likely N-dealkylation sites (N-methyl/N-ethyl adjacent to an activating group) is 1. The Hall–Kier alpha value is -2.75. The first-order valence-corrected chi connectivity index (χ1v) is 33.8. The average molecular weight is 1110 g/mol. The molecule has 0 aliphatic carbocycles. The van der Waals surface area contributed by atoms with Gasteiger partial charge in [0.05, 0.1) is 34.4 Å². The highest BCUT2D eigenvalue weighted by Crippen LogP contribution is 2.18. The molecule has 0 spiro atoms. The number of carbonyl (C=O) groups excluding carboxylic acids is 2. The number of carbonyl (C=O) groups is 3. The molecular formula is C70H130NO8+. The number of unbranched alkanes of at least 4 members (excludes halogenated alkanes) is 40. The first kappa shape index (κ1) is 76.2. The van der Waals surface area contributed by atoms with Crippen LogP contribution in [-0.4, -0.2) is 87.4 Å². The maximum absolute atomic E-state index is 12.9. The lowest BCUT2D eigenvalue weighted by molar-refractivity contribution is -0.870. The van der Waals surface area contributed by atoms with Crippen LogP contribution in [0.25, 0.3) is 0 Å². The summed E-state index contributed by atoms with van der Waals surface area (Å²) in [5, 5.41) is 9.73. The Morgan fingerprint density at radius 1 is 0.392 bits per heavy atom. The lowest BCUT2D eigenvalue weighted by Crippen LogP contribution is -2.40. The van der Waals surface area contributed by atoms with E-state index in [9.17, 15) is 19.5 Å². The third-order valence-electron chi connectivity index (χ3n) is 15.1. The second-order valence-corrected chi connectivity index (χ2v) is 24.1. The molecule has 0 aliphatic rings. The number of hydrogen-bond donors (Lipinski definition) is 1. The molecule has 9 nitrogen and oxygen atoms in total. The molecule has 9 heteroatoms. The highest BCUT2D eigenvalue weighted by molar-refractivity contribution is 5.71. The van der Waals surface area contributed by atoms with Crippen molar-refractivity contribution < 1.29 is 42.9 Å². The van der Waals surface area contributed by atoms with Crippen LogP contribution in [0.15, 0.2) is 48.6 Å². The minimum atomic E-state index is -1.51. The van der Waals surface area contributed by atoms with Gasteiger partial charge in [0.1, 0.15) is 13.2 Å². The minimum Gasteiger partial charge on any atom is -0.477 e. The monoisotopic (exact) mass is 1110 g/mol. The van der Waals surface area contributed by atoms with Crippen molar-refractivity contribution >= 4 is 17.9 Å². The molecule has 0 fully saturated rings. The highest BCUT2D eigenvalue weighted by Gasteiger charge is 2.25. The minimum absolute atomic E-state index is 0.176. The highest BCUT2D eigenvalue weighted by atomic mass is 16.7. The third kappa shape index (κ3) is 62.7. The van der Waals surface area contributed by atoms with E-state index in [0.29, 0.717) is 17.4 Å². The first-order chi connectivity index (χ1) is 38.6. The molecule has 0 heterocycles. The number of allylic oxidation sites excluding steroid dienone is 8. The number of aliphatic carboxylic acids is 1. The van der Waals surface area contributed by atoms with E-state index in [2.05, 4.69) is 62.5 Å². The summed E-state index contributed by atoms with van der Waals surface area (Å²) in [5.41, 5.74) is 0. The SMILES string of the molecule is CC/C=C\C/C=C\C/C=C\C/C=C\CCCCCCCCCCCCCCCCCCCCCCC(=O)OC(COC(=O)CCCCCCCCCCCCCCCCCCCCCCC)COC(OCC[N+](C)(C)C)C(=O)O. The maximum atomic E-state index is 12.9. The number of ether oxygens (including phenoxy) is 4. The summed E-state index contributed by atoms with van der Waals surface area (Å²) >= 11 is 0. The third-order valence-corrected chi connectivity index (χ3v) is 15.1. The molecule has 0 saturated carbocycles. The van der Waals surface area contributed by atoms with Gasteiger partial charge in [-0.05, 0) is 51.4 Å². The van der Waals surface area contributed by atoms with Crippen LogP contribution in [0.4, 0.5) is 0 Å². The molecule has 0 aromatic carbocycles. The maximum Gasteiger partial charge on any atom is 0.361 e. The molecule has 0 aliphatic heterocycles. The van der Waals surface area contributed by atoms with E-state index in [0.717, 1.165) is 64.2 Å². The number of carboxylic acid groups (broad SMARTS) is 1. The predicted molar refractivity (Wildman–Crippen MR) is 337 cm³/mol. The van der Waals surface area contributed by atoms with E-state index in [1.54, 1.807) is 0 Å². The van der Waals surface area contributed by atoms with Gasteiger partial charge in [-0.25, -0.2) is 4.79 Å². The summed E-state index contributed by atoms with van der Waals surface area (Å²) < 4.78 is 23.0. The van der Waals surface area contributed by atoms with Gasteiger partial charge in [-0.1, -0.05) is 306 Å². The summed E-state index contributed by atoms with van der Waals surface area (Å²) in [6, 6.07) is 0. The summed E-state index contributed by atoms with van der Waals surface area (Å²) in [7, 11) is 5.99. The standard InChI is InChI=1S/C70H129NO8/c1-6-8-10-12-14-16-18-20-22-24-26-28-29-30-31-32-33-34-35-36-37-38-39-41-43-45-47-49-51-53-55-57-59-61-68(73)79-66(65-78-70(69(74)75)76-63-62-71(3,4)5)64-77-67(72)60-58-56-54-52-50-48-46-44-42-40-27-25-23-21-19-17-15-13-11-9-7-2/h8,10,14,16,20,22,26,28,66,70H,6-7,9,11-13,15,17-19,21,23-25,27,29-65H2,1-5H3/p+1/b10-8-,16-14-,22-20-,28-26-. The molecule has 2 unspecified atom stereocenters. The zero-order valence-corrected chi connectivity index (χ0v) is 52.8. The van der Waals surface area contributed by atoms with Crippen molar-refractivity contribution in [3.8, 4) is 0 Å². The van der Waals surface area contributed by atoms with Gasteiger partial charge in [0.15, 0.2) is 6.10 Å². The molecule has 1 N–H and O–H groups in total. The molecule has 0 amide bonds. The number of hydrogen-bond acceptors (Lipinski definition) is 7. The summed E-state index contributed by atoms with van der Waals surface area (Å²) in [6.07, 6.45) is 75.1. The van der Waals surface area contributed by atoms with Crippen molar-refractivity contribution in [2.45, 2.75) is 334 Å². The van der Waals surface area contributed by atoms with Gasteiger partial charge in [0.25, 0.3) is 6.29 Å². The van der Waals surface area contributed by atoms with E-state index in [4.69, 9.17) is 18.9 Å². The first-order valence-electron chi connectivity index (χ1n) is 33.8. The summed E-state index contributed by atoms with van der Waals surface area (Å²) in [6.45, 7) is 4.83. The molecule has 0 radical (unpaired) electrons. The molecule has 0 aromatic rings. The van der Waals surface area contributed by atoms with E-state index < -0.39 is 18.4 Å². The van der Waals surface area contributed by atoms with Crippen molar-refractivity contribution in [3.05, 3.63) is 48.6 Å². The van der Waals surface area contributed by atoms with Crippen LogP contribution < -0.4 is 0 Å². The topological polar surface area (TPSA) is 108 Å². The summed E-state index contributed by atoms with van der Waals surface area (Å²) in [5.74, 6) is -1.98. The lowest BCUT2D eigenvalue weighted by atomic mass is 10.0. The second kappa shape index (κ2) is 61.3. The molecule has 462 valence electrons. The van der Waals surface area contributed by atoms with Gasteiger partial charge in [-0.2, -0.15) is 0 Å². The number of rotatable bonds is 63. The van der Waals surface area contributed by atoms with Gasteiger partial charge in [-0.15, -0.1) is 0 Å². The van der Waals surface area contributed by atoms with Gasteiger partial charge < -0.3 is 28.5 Å². The van der Waals surface area contributed by atoms with Crippen LogP contribution in [0.2, 0.25) is 0 Å². The fraction of sp³-hybridized carbons (Fsp3) is 0.843. The smallest absolute Gasteiger partial charge is 0.361 e. The van der Waals surface area contributed by atoms with Crippen molar-refractivity contribution in [1.82, 2.24) is 0 Å². The van der Waals surface area contributed by atoms with Crippen LogP contribution in [0.1, 0.15) is 322 Å². The van der Waals surface area contributed by atoms with Crippen molar-refractivity contribution in [1.29, 1.82) is 0 Å². The normalized spacial score (nSPS) is 13.0. The Balaban J connectivity index is 4.06. The number of quaternary nitrogens is 1. The van der Waals surface area contributed by atoms with E-state index >= 15 is 0 Å². The zero-order chi connectivity index (χ0) is 57.6. The molecule has 0 bridgehead atoms. The van der Waals surface area contributed by atoms with Gasteiger partial charge in [-0.3, -0.25) is 9.59 Å². The predicted octanol–water partition coefficient (Wildman–Crippen LogP) is 20.6. The largest absolute Gasteiger partial charge is 0.477 e. The van der Waals surface area contributed by atoms with Crippen LogP contribution in [0.3, 0.4) is 0 Å². The fourth-order valence-corrected chi connectivity index (χ4v) is 9.95. The average Bonchev–Trinajstić information content (AvgIpc) is 3.42. The molecule has 0 saturated heterocycles. The van der Waals surface area contributed by atoms with Crippen LogP contribution in [0.5, 0.6) is 0 Å². The van der Waals surface area contributed by atoms with Gasteiger partial charge in [0, 0.05) is 12.8 Å². The van der Waals surface area contributed by atoms with Crippen LogP contribution in [0, 0.1) is 0 Å². The van der Waals surface area contributed by atoms with E-state index in [-0.39, 0.29) is 38.2 Å². The zero-order valence-electron chi connectivity index (χ0n) is 52.8. The molecular weight excluding hydrogens is 983 g/mol. The Morgan fingerprint density at radius 2 is 0.722 bits per heavy atom. The Labute approximate surface area is 489 Å². The van der Waals surface area contributed by atoms with Crippen molar-refractivity contribution in [2.24, 2.45) is 0 Å². The number of esters is 2. The molecule has 0 rings (SSSR count). The second-order valence-electron chi connectivity index (χ2n) is 24.1. The van der Waals surface area contributed by atoms with Crippen LogP contribution in [-0.2, 0) is 33.3 Å². The lowest BCUT2D eigenvalue weighted by Gasteiger charge is -2.25. The van der Waals surface area contributed by atoms with Crippen LogP contribution >= 0.6 is 0 Å². The molecule has 2 atom stereocenters. The number of nitrogens with zero attached hydrogens (tertiary/aromatic N) is 1. The Kier molecular flexibility index (Phi) is 59.2. The van der Waals surface area contributed by atoms with Crippen molar-refractivity contribution in [2.75, 3.05) is 47.5 Å². The Bertz CT molecular complexity index is 1430. The van der Waals surface area contributed by atoms with E-state index in [1.165, 1.54) is 231 Å². The quantitative estimate of drug-likeness (QED) is 0.0211. The number of carboxylic acids is 1. The van der Waals surface area contributed by atoms with Gasteiger partial charge in [0.2, 0.25) is 0 Å². The Morgan fingerprint density at radius 3 is 1.08 bits per heavy atom. The van der Waals surface area contributed by atoms with Gasteiger partial charge >= 0.3 is 17.9 Å². The van der Waals surface area contributed by atoms with Crippen molar-refractivity contribution in [3.63, 3.8) is 0 Å². The summed E-state index contributed by atoms with van der Waals surface area (Å²) in [4.78, 5) is 37.6. The molecule has 0 aromatic heterocycles. The van der Waals surface area contributed by atoms with E-state index in [1.807, 2.05) is 21.1 Å². The molecule has 79 heavy (non-hydrogen) atoms. The fourth-order valence-electron chi connectivity index (χ4n) is 9.95.